The summed E-state index contributed by atoms with van der Waals surface area (Å²) >= 11 is 0. The average Bonchev–Trinajstić information content (AvgIpc) is 3.00. The molecule has 0 radical (unpaired) electrons. The summed E-state index contributed by atoms with van der Waals surface area (Å²) in [6, 6.07) is 17.3. The number of rotatable bonds is 28. The second-order valence-electron chi connectivity index (χ2n) is 8.88. The van der Waals surface area contributed by atoms with Gasteiger partial charge in [0.2, 0.25) is 5.91 Å². The van der Waals surface area contributed by atoms with Crippen LogP contribution in [0.5, 0.6) is 5.75 Å². The summed E-state index contributed by atoms with van der Waals surface area (Å²) in [6.45, 7) is 10.2. The van der Waals surface area contributed by atoms with Gasteiger partial charge in [0.1, 0.15) is 12.4 Å². The Bertz CT molecular complexity index is 885. The highest BCUT2D eigenvalue weighted by Gasteiger charge is 1.99. The van der Waals surface area contributed by atoms with Crippen molar-refractivity contribution in [2.45, 2.75) is 13.5 Å². The molecule has 2 aromatic rings. The van der Waals surface area contributed by atoms with E-state index in [-0.39, 0.29) is 5.91 Å². The smallest absolute Gasteiger partial charge is 0.221 e. The largest absolute Gasteiger partial charge is 0.491 e. The molecule has 11 heteroatoms. The molecule has 0 fully saturated rings. The van der Waals surface area contributed by atoms with Crippen LogP contribution in [0.15, 0.2) is 54.6 Å². The van der Waals surface area contributed by atoms with Crippen molar-refractivity contribution in [3.05, 3.63) is 60.2 Å². The lowest BCUT2D eigenvalue weighted by Crippen LogP contribution is -2.15. The lowest BCUT2D eigenvalue weighted by Gasteiger charge is -2.09. The van der Waals surface area contributed by atoms with Gasteiger partial charge in [-0.15, -0.1) is 0 Å². The molecule has 0 saturated carbocycles. The van der Waals surface area contributed by atoms with Crippen LogP contribution in [0.3, 0.4) is 0 Å². The quantitative estimate of drug-likeness (QED) is 0.147. The molecule has 0 aromatic heterocycles. The van der Waals surface area contributed by atoms with E-state index in [1.54, 1.807) is 24.3 Å². The minimum atomic E-state index is -0.106. The van der Waals surface area contributed by atoms with Crippen molar-refractivity contribution in [3.63, 3.8) is 0 Å². The average molecular weight is 594 g/mol. The van der Waals surface area contributed by atoms with Crippen LogP contribution in [0.1, 0.15) is 12.5 Å². The van der Waals surface area contributed by atoms with Crippen LogP contribution >= 0.6 is 0 Å². The van der Waals surface area contributed by atoms with E-state index in [0.717, 1.165) is 17.0 Å². The standard InChI is InChI=1S/C31H47NO10/c1-28(33)32-30-7-9-31(10-8-30)42-26-25-40-22-21-38-18-17-36-14-13-34-11-12-35-15-16-37-19-20-39-23-24-41-27-29-5-3-2-4-6-29/h2-10H,11-27H2,1H3,(H,32,33). The van der Waals surface area contributed by atoms with Gasteiger partial charge in [-0.3, -0.25) is 4.79 Å². The molecule has 1 N–H and O–H groups in total. The van der Waals surface area contributed by atoms with E-state index < -0.39 is 0 Å². The molecule has 42 heavy (non-hydrogen) atoms. The Balaban J connectivity index is 1.19. The Hall–Kier alpha value is -2.61. The van der Waals surface area contributed by atoms with Crippen molar-refractivity contribution in [1.82, 2.24) is 0 Å². The summed E-state index contributed by atoms with van der Waals surface area (Å²) in [4.78, 5) is 11.0. The lowest BCUT2D eigenvalue weighted by molar-refractivity contribution is -0.114. The van der Waals surface area contributed by atoms with Crippen molar-refractivity contribution >= 4 is 11.6 Å². The summed E-state index contributed by atoms with van der Waals surface area (Å²) in [5.41, 5.74) is 1.89. The minimum absolute atomic E-state index is 0.106. The summed E-state index contributed by atoms with van der Waals surface area (Å²) in [7, 11) is 0. The molecule has 236 valence electrons. The van der Waals surface area contributed by atoms with Gasteiger partial charge >= 0.3 is 0 Å². The predicted molar refractivity (Wildman–Crippen MR) is 158 cm³/mol. The number of ether oxygens (including phenoxy) is 9. The molecule has 0 bridgehead atoms. The molecular formula is C31H47NO10. The van der Waals surface area contributed by atoms with Crippen LogP contribution in [0.2, 0.25) is 0 Å². The molecule has 0 aliphatic rings. The zero-order chi connectivity index (χ0) is 29.8. The number of nitrogens with one attached hydrogen (secondary N) is 1. The van der Waals surface area contributed by atoms with Crippen LogP contribution in [0.25, 0.3) is 0 Å². The van der Waals surface area contributed by atoms with Crippen molar-refractivity contribution in [3.8, 4) is 5.75 Å². The number of hydrogen-bond donors (Lipinski definition) is 1. The van der Waals surface area contributed by atoms with Crippen molar-refractivity contribution in [1.29, 1.82) is 0 Å². The van der Waals surface area contributed by atoms with Gasteiger partial charge in [-0.25, -0.2) is 0 Å². The van der Waals surface area contributed by atoms with Gasteiger partial charge in [0.15, 0.2) is 0 Å². The molecule has 0 aliphatic heterocycles. The van der Waals surface area contributed by atoms with Crippen LogP contribution in [-0.2, 0) is 49.3 Å². The van der Waals surface area contributed by atoms with Crippen molar-refractivity contribution in [2.24, 2.45) is 0 Å². The number of amides is 1. The van der Waals surface area contributed by atoms with E-state index in [1.807, 2.05) is 30.3 Å². The van der Waals surface area contributed by atoms with Gasteiger partial charge in [-0.2, -0.15) is 0 Å². The summed E-state index contributed by atoms with van der Waals surface area (Å²) in [5, 5.41) is 2.71. The third kappa shape index (κ3) is 21.1. The van der Waals surface area contributed by atoms with Gasteiger partial charge in [0.05, 0.1) is 106 Å². The van der Waals surface area contributed by atoms with Gasteiger partial charge in [0.25, 0.3) is 0 Å². The maximum Gasteiger partial charge on any atom is 0.221 e. The number of benzene rings is 2. The number of hydrogen-bond acceptors (Lipinski definition) is 10. The van der Waals surface area contributed by atoms with Crippen LogP contribution < -0.4 is 10.1 Å². The molecule has 2 aromatic carbocycles. The van der Waals surface area contributed by atoms with Crippen LogP contribution in [-0.4, -0.2) is 112 Å². The molecule has 2 rings (SSSR count). The summed E-state index contributed by atoms with van der Waals surface area (Å²) < 4.78 is 49.5. The number of carbonyl (C=O) groups excluding carboxylic acids is 1. The highest BCUT2D eigenvalue weighted by molar-refractivity contribution is 5.88. The Morgan fingerprint density at radius 3 is 1.29 bits per heavy atom. The molecule has 0 spiro atoms. The Morgan fingerprint density at radius 1 is 0.500 bits per heavy atom. The molecule has 0 atom stereocenters. The maximum absolute atomic E-state index is 11.0. The first kappa shape index (κ1) is 35.6. The first-order chi connectivity index (χ1) is 20.7. The lowest BCUT2D eigenvalue weighted by atomic mass is 10.2. The summed E-state index contributed by atoms with van der Waals surface area (Å²) in [5.74, 6) is 0.614. The highest BCUT2D eigenvalue weighted by Crippen LogP contribution is 2.15. The molecule has 11 nitrogen and oxygen atoms in total. The highest BCUT2D eigenvalue weighted by atomic mass is 16.6. The zero-order valence-electron chi connectivity index (χ0n) is 24.8. The van der Waals surface area contributed by atoms with E-state index in [1.165, 1.54) is 6.92 Å². The first-order valence-electron chi connectivity index (χ1n) is 14.4. The molecule has 0 aliphatic carbocycles. The molecule has 0 saturated heterocycles. The summed E-state index contributed by atoms with van der Waals surface area (Å²) in [6.07, 6.45) is 0. The van der Waals surface area contributed by atoms with Gasteiger partial charge in [-0.1, -0.05) is 30.3 Å². The predicted octanol–water partition coefficient (Wildman–Crippen LogP) is 3.36. The SMILES string of the molecule is CC(=O)Nc1ccc(OCCOCCOCCOCCOCCOCCOCCOCCOCc2ccccc2)cc1. The van der Waals surface area contributed by atoms with Crippen LogP contribution in [0.4, 0.5) is 5.69 Å². The topological polar surface area (TPSA) is 112 Å². The zero-order valence-corrected chi connectivity index (χ0v) is 24.8. The Kier molecular flexibility index (Phi) is 22.1. The van der Waals surface area contributed by atoms with E-state index in [4.69, 9.17) is 42.6 Å². The Morgan fingerprint density at radius 2 is 0.881 bits per heavy atom. The van der Waals surface area contributed by atoms with Crippen LogP contribution in [0, 0.1) is 0 Å². The number of anilines is 1. The first-order valence-corrected chi connectivity index (χ1v) is 14.4. The fraction of sp³-hybridized carbons (Fsp3) is 0.581. The maximum atomic E-state index is 11.0. The van der Waals surface area contributed by atoms with Gasteiger partial charge < -0.3 is 47.9 Å². The second-order valence-corrected chi connectivity index (χ2v) is 8.88. The molecule has 0 heterocycles. The molecule has 1 amide bonds. The third-order valence-electron chi connectivity index (χ3n) is 5.39. The van der Waals surface area contributed by atoms with Gasteiger partial charge in [0, 0.05) is 12.6 Å². The fourth-order valence-corrected chi connectivity index (χ4v) is 3.36. The Labute approximate surface area is 249 Å². The minimum Gasteiger partial charge on any atom is -0.491 e. The van der Waals surface area contributed by atoms with E-state index >= 15 is 0 Å². The van der Waals surface area contributed by atoms with E-state index in [2.05, 4.69) is 5.32 Å². The molecule has 0 unspecified atom stereocenters. The van der Waals surface area contributed by atoms with E-state index in [0.29, 0.717) is 112 Å². The molecular weight excluding hydrogens is 546 g/mol. The fourth-order valence-electron chi connectivity index (χ4n) is 3.36. The monoisotopic (exact) mass is 593 g/mol. The third-order valence-corrected chi connectivity index (χ3v) is 5.39. The van der Waals surface area contributed by atoms with Crippen molar-refractivity contribution in [2.75, 3.05) is 111 Å². The number of carbonyl (C=O) groups is 1. The van der Waals surface area contributed by atoms with Crippen molar-refractivity contribution < 1.29 is 47.4 Å². The normalized spacial score (nSPS) is 11.1. The van der Waals surface area contributed by atoms with Gasteiger partial charge in [-0.05, 0) is 29.8 Å². The second kappa shape index (κ2) is 26.1. The van der Waals surface area contributed by atoms with E-state index in [9.17, 15) is 4.79 Å².